The third kappa shape index (κ3) is 3.06. The third-order valence-electron chi connectivity index (χ3n) is 3.00. The number of hydrogen-bond acceptors (Lipinski definition) is 3. The minimum absolute atomic E-state index is 0.173. The number of ketones is 1. The van der Waals surface area contributed by atoms with Gasteiger partial charge in [-0.2, -0.15) is 0 Å². The summed E-state index contributed by atoms with van der Waals surface area (Å²) in [6, 6.07) is 15.3. The van der Waals surface area contributed by atoms with E-state index in [1.165, 1.54) is 0 Å². The molecule has 0 aliphatic rings. The number of fused-ring (bicyclic) bond motifs is 1. The number of Topliss-reactive ketones (excluding diaryl/α,β-unsaturated/α-hetero) is 1. The van der Waals surface area contributed by atoms with Crippen molar-refractivity contribution in [1.29, 1.82) is 0 Å². The molecule has 0 fully saturated rings. The van der Waals surface area contributed by atoms with Gasteiger partial charge in [0.05, 0.1) is 16.6 Å². The largest absolute Gasteiger partial charge is 0.299 e. The molecule has 2 nitrogen and oxygen atoms in total. The second-order valence-electron chi connectivity index (χ2n) is 4.59. The highest BCUT2D eigenvalue weighted by atomic mass is 35.5. The van der Waals surface area contributed by atoms with Crippen LogP contribution in [0.3, 0.4) is 0 Å². The van der Waals surface area contributed by atoms with Crippen LogP contribution in [0.2, 0.25) is 5.02 Å². The van der Waals surface area contributed by atoms with Crippen molar-refractivity contribution in [2.45, 2.75) is 12.8 Å². The summed E-state index contributed by atoms with van der Waals surface area (Å²) in [7, 11) is 0. The van der Waals surface area contributed by atoms with Gasteiger partial charge in [-0.25, -0.2) is 4.98 Å². The molecule has 20 heavy (non-hydrogen) atoms. The monoisotopic (exact) mass is 301 g/mol. The van der Waals surface area contributed by atoms with Gasteiger partial charge in [-0.3, -0.25) is 4.79 Å². The summed E-state index contributed by atoms with van der Waals surface area (Å²) in [4.78, 5) is 16.6. The lowest BCUT2D eigenvalue weighted by atomic mass is 10.1. The summed E-state index contributed by atoms with van der Waals surface area (Å²) in [5.74, 6) is 0.173. The first-order valence-corrected chi connectivity index (χ1v) is 7.51. The van der Waals surface area contributed by atoms with E-state index in [9.17, 15) is 4.79 Å². The highest BCUT2D eigenvalue weighted by Crippen LogP contribution is 2.22. The van der Waals surface area contributed by atoms with Crippen molar-refractivity contribution in [2.75, 3.05) is 0 Å². The molecule has 0 N–H and O–H groups in total. The zero-order chi connectivity index (χ0) is 13.9. The lowest BCUT2D eigenvalue weighted by Gasteiger charge is -1.99. The summed E-state index contributed by atoms with van der Waals surface area (Å²) in [6.07, 6.45) is 0.815. The Bertz CT molecular complexity index is 716. The summed E-state index contributed by atoms with van der Waals surface area (Å²) >= 11 is 7.42. The molecule has 1 aromatic heterocycles. The second-order valence-corrected chi connectivity index (χ2v) is 6.15. The molecule has 0 saturated heterocycles. The number of nitrogens with zero attached hydrogens (tertiary/aromatic N) is 1. The molecule has 0 bridgehead atoms. The third-order valence-corrected chi connectivity index (χ3v) is 4.29. The average Bonchev–Trinajstić information content (AvgIpc) is 2.83. The molecule has 4 heteroatoms. The molecule has 0 radical (unpaired) electrons. The van der Waals surface area contributed by atoms with Crippen molar-refractivity contribution in [1.82, 2.24) is 4.98 Å². The molecule has 0 aliphatic heterocycles. The van der Waals surface area contributed by atoms with E-state index in [2.05, 4.69) is 4.98 Å². The van der Waals surface area contributed by atoms with Gasteiger partial charge < -0.3 is 0 Å². The number of halogens is 1. The number of rotatable bonds is 4. The van der Waals surface area contributed by atoms with Crippen LogP contribution < -0.4 is 0 Å². The van der Waals surface area contributed by atoms with E-state index in [0.29, 0.717) is 17.9 Å². The first-order chi connectivity index (χ1) is 9.70. The highest BCUT2D eigenvalue weighted by molar-refractivity contribution is 7.18. The number of benzene rings is 2. The van der Waals surface area contributed by atoms with Crippen LogP contribution in [-0.2, 0) is 17.6 Å². The Kier molecular flexibility index (Phi) is 3.81. The van der Waals surface area contributed by atoms with Gasteiger partial charge in [-0.1, -0.05) is 35.9 Å². The number of para-hydroxylation sites is 1. The van der Waals surface area contributed by atoms with Crippen molar-refractivity contribution in [3.05, 3.63) is 64.1 Å². The molecule has 0 spiro atoms. The summed E-state index contributed by atoms with van der Waals surface area (Å²) in [5.41, 5.74) is 1.95. The smallest absolute Gasteiger partial charge is 0.144 e. The molecule has 0 amide bonds. The maximum atomic E-state index is 12.1. The van der Waals surface area contributed by atoms with Crippen LogP contribution in [0.5, 0.6) is 0 Å². The van der Waals surface area contributed by atoms with Crippen molar-refractivity contribution >= 4 is 38.9 Å². The highest BCUT2D eigenvalue weighted by Gasteiger charge is 2.09. The van der Waals surface area contributed by atoms with E-state index in [0.717, 1.165) is 20.8 Å². The molecule has 100 valence electrons. The lowest BCUT2D eigenvalue weighted by Crippen LogP contribution is -2.06. The van der Waals surface area contributed by atoms with E-state index < -0.39 is 0 Å². The Balaban J connectivity index is 1.70. The fourth-order valence-electron chi connectivity index (χ4n) is 2.06. The first kappa shape index (κ1) is 13.3. The molecular weight excluding hydrogens is 290 g/mol. The molecule has 0 unspecified atom stereocenters. The van der Waals surface area contributed by atoms with Crippen LogP contribution in [0.4, 0.5) is 0 Å². The second kappa shape index (κ2) is 5.73. The fraction of sp³-hybridized carbons (Fsp3) is 0.125. The van der Waals surface area contributed by atoms with Crippen molar-refractivity contribution in [3.63, 3.8) is 0 Å². The Morgan fingerprint density at radius 1 is 1.05 bits per heavy atom. The topological polar surface area (TPSA) is 30.0 Å². The van der Waals surface area contributed by atoms with Gasteiger partial charge in [-0.15, -0.1) is 11.3 Å². The minimum Gasteiger partial charge on any atom is -0.299 e. The number of thiazole rings is 1. The molecule has 3 aromatic rings. The van der Waals surface area contributed by atoms with E-state index in [1.54, 1.807) is 11.3 Å². The molecular formula is C16H12ClNOS. The van der Waals surface area contributed by atoms with Gasteiger partial charge in [0.1, 0.15) is 10.8 Å². The fourth-order valence-corrected chi connectivity index (χ4v) is 3.18. The van der Waals surface area contributed by atoms with Gasteiger partial charge in [0.2, 0.25) is 0 Å². The van der Waals surface area contributed by atoms with Gasteiger partial charge in [0.15, 0.2) is 0 Å². The zero-order valence-corrected chi connectivity index (χ0v) is 12.2. The van der Waals surface area contributed by atoms with Crippen LogP contribution in [0, 0.1) is 0 Å². The maximum Gasteiger partial charge on any atom is 0.144 e. The quantitative estimate of drug-likeness (QED) is 0.719. The standard InChI is InChI=1S/C16H12ClNOS/c17-12-7-5-11(6-8-12)9-13(19)10-16-18-14-3-1-2-4-15(14)20-16/h1-8H,9-10H2. The van der Waals surface area contributed by atoms with E-state index in [-0.39, 0.29) is 5.78 Å². The Morgan fingerprint density at radius 3 is 2.55 bits per heavy atom. The zero-order valence-electron chi connectivity index (χ0n) is 10.7. The van der Waals surface area contributed by atoms with E-state index >= 15 is 0 Å². The summed E-state index contributed by atoms with van der Waals surface area (Å²) < 4.78 is 1.13. The van der Waals surface area contributed by atoms with Crippen LogP contribution in [0.15, 0.2) is 48.5 Å². The number of hydrogen-bond donors (Lipinski definition) is 0. The van der Waals surface area contributed by atoms with Crippen LogP contribution in [-0.4, -0.2) is 10.8 Å². The number of carbonyl (C=O) groups is 1. The average molecular weight is 302 g/mol. The molecule has 2 aromatic carbocycles. The summed E-state index contributed by atoms with van der Waals surface area (Å²) in [5, 5.41) is 1.57. The van der Waals surface area contributed by atoms with Crippen LogP contribution in [0.25, 0.3) is 10.2 Å². The van der Waals surface area contributed by atoms with E-state index in [4.69, 9.17) is 11.6 Å². The Hall–Kier alpha value is -1.71. The molecule has 0 atom stereocenters. The normalized spacial score (nSPS) is 10.8. The molecule has 0 aliphatic carbocycles. The van der Waals surface area contributed by atoms with Crippen molar-refractivity contribution in [2.24, 2.45) is 0 Å². The predicted molar refractivity (Wildman–Crippen MR) is 83.5 cm³/mol. The van der Waals surface area contributed by atoms with Gasteiger partial charge >= 0.3 is 0 Å². The predicted octanol–water partition coefficient (Wildman–Crippen LogP) is 4.30. The van der Waals surface area contributed by atoms with Crippen molar-refractivity contribution < 1.29 is 4.79 Å². The Labute approximate surface area is 126 Å². The van der Waals surface area contributed by atoms with Crippen molar-refractivity contribution in [3.8, 4) is 0 Å². The Morgan fingerprint density at radius 2 is 1.80 bits per heavy atom. The lowest BCUT2D eigenvalue weighted by molar-refractivity contribution is -0.117. The first-order valence-electron chi connectivity index (χ1n) is 6.31. The minimum atomic E-state index is 0.173. The van der Waals surface area contributed by atoms with Crippen LogP contribution in [0.1, 0.15) is 10.6 Å². The van der Waals surface area contributed by atoms with Gasteiger partial charge in [-0.05, 0) is 29.8 Å². The van der Waals surface area contributed by atoms with Gasteiger partial charge in [0.25, 0.3) is 0 Å². The molecule has 0 saturated carbocycles. The van der Waals surface area contributed by atoms with Gasteiger partial charge in [0, 0.05) is 11.4 Å². The summed E-state index contributed by atoms with van der Waals surface area (Å²) in [6.45, 7) is 0. The maximum absolute atomic E-state index is 12.1. The van der Waals surface area contributed by atoms with Crippen LogP contribution >= 0.6 is 22.9 Å². The number of aromatic nitrogens is 1. The number of carbonyl (C=O) groups excluding carboxylic acids is 1. The molecule has 3 rings (SSSR count). The van der Waals surface area contributed by atoms with E-state index in [1.807, 2.05) is 48.5 Å². The SMILES string of the molecule is O=C(Cc1ccc(Cl)cc1)Cc1nc2ccccc2s1. The molecule has 1 heterocycles.